The lowest BCUT2D eigenvalue weighted by molar-refractivity contribution is 1.19. The van der Waals surface area contributed by atoms with Crippen LogP contribution in [0.2, 0.25) is 0 Å². The van der Waals surface area contributed by atoms with Crippen LogP contribution in [0, 0.1) is 0 Å². The number of hydrogen-bond acceptors (Lipinski definition) is 0. The van der Waals surface area contributed by atoms with Gasteiger partial charge in [-0.3, -0.25) is 0 Å². The minimum absolute atomic E-state index is 1.18. The van der Waals surface area contributed by atoms with Crippen LogP contribution in [-0.4, -0.2) is 9.13 Å². The molecule has 10 rings (SSSR count). The zero-order valence-electron chi connectivity index (χ0n) is 23.9. The maximum Gasteiger partial charge on any atom is 0.0641 e. The van der Waals surface area contributed by atoms with Gasteiger partial charge in [0, 0.05) is 38.0 Å². The fourth-order valence-corrected chi connectivity index (χ4v) is 7.56. The number of fused-ring (bicyclic) bond motifs is 10. The summed E-state index contributed by atoms with van der Waals surface area (Å²) in [5.41, 5.74) is 7.31. The van der Waals surface area contributed by atoms with Gasteiger partial charge in [0.05, 0.1) is 27.8 Å². The SMILES string of the molecule is c1ccc2cc(-n3c4ccccc4c4ccc5c(c6ccccc6n5-c5c6ccccc6cc6ccccc56)c43)ccc2c1. The average molecular weight is 559 g/mol. The minimum Gasteiger partial charge on any atom is -0.309 e. The van der Waals surface area contributed by atoms with Crippen molar-refractivity contribution >= 4 is 75.9 Å². The van der Waals surface area contributed by atoms with Gasteiger partial charge in [0.2, 0.25) is 0 Å². The monoisotopic (exact) mass is 558 g/mol. The Balaban J connectivity index is 1.44. The third-order valence-electron chi connectivity index (χ3n) is 9.43. The number of nitrogens with zero attached hydrogens (tertiary/aromatic N) is 2. The molecule has 204 valence electrons. The summed E-state index contributed by atoms with van der Waals surface area (Å²) in [7, 11) is 0. The first kappa shape index (κ1) is 23.7. The molecule has 2 heterocycles. The highest BCUT2D eigenvalue weighted by molar-refractivity contribution is 6.27. The summed E-state index contributed by atoms with van der Waals surface area (Å²) in [6.45, 7) is 0. The quantitative estimate of drug-likeness (QED) is 0.187. The maximum absolute atomic E-state index is 2.51. The molecule has 0 spiro atoms. The number of hydrogen-bond donors (Lipinski definition) is 0. The molecule has 0 fully saturated rings. The molecule has 0 saturated heterocycles. The number of para-hydroxylation sites is 2. The van der Waals surface area contributed by atoms with Crippen molar-refractivity contribution in [1.82, 2.24) is 9.13 Å². The van der Waals surface area contributed by atoms with Gasteiger partial charge in [-0.05, 0) is 57.9 Å². The molecule has 0 amide bonds. The molecular weight excluding hydrogens is 532 g/mol. The molecule has 44 heavy (non-hydrogen) atoms. The Morgan fingerprint density at radius 2 is 0.886 bits per heavy atom. The van der Waals surface area contributed by atoms with Gasteiger partial charge in [-0.1, -0.05) is 121 Å². The van der Waals surface area contributed by atoms with E-state index in [-0.39, 0.29) is 0 Å². The molecule has 0 aliphatic rings. The number of rotatable bonds is 2. The fourth-order valence-electron chi connectivity index (χ4n) is 7.56. The largest absolute Gasteiger partial charge is 0.309 e. The summed E-state index contributed by atoms with van der Waals surface area (Å²) in [6.07, 6.45) is 0. The predicted octanol–water partition coefficient (Wildman–Crippen LogP) is 11.3. The predicted molar refractivity (Wildman–Crippen MR) is 188 cm³/mol. The first-order chi connectivity index (χ1) is 21.8. The van der Waals surface area contributed by atoms with Crippen LogP contribution < -0.4 is 0 Å². The molecule has 0 N–H and O–H groups in total. The van der Waals surface area contributed by atoms with Crippen LogP contribution in [0.1, 0.15) is 0 Å². The second kappa shape index (κ2) is 8.82. The van der Waals surface area contributed by atoms with Crippen molar-refractivity contribution in [2.24, 2.45) is 0 Å². The fraction of sp³-hybridized carbons (Fsp3) is 0. The lowest BCUT2D eigenvalue weighted by Crippen LogP contribution is -1.98. The molecule has 2 nitrogen and oxygen atoms in total. The van der Waals surface area contributed by atoms with Crippen molar-refractivity contribution < 1.29 is 0 Å². The standard InChI is InChI=1S/C42H26N2/c1-2-12-28-26-31(22-21-27(28)11-1)43-37-19-9-7-17-34(37)35-23-24-39-40(42(35)43)36-18-8-10-20-38(36)44(39)41-32-15-5-3-13-29(32)25-30-14-4-6-16-33(30)41/h1-26H. The van der Waals surface area contributed by atoms with Crippen LogP contribution in [0.5, 0.6) is 0 Å². The van der Waals surface area contributed by atoms with Gasteiger partial charge in [0.1, 0.15) is 0 Å². The second-order valence-electron chi connectivity index (χ2n) is 11.8. The van der Waals surface area contributed by atoms with Crippen molar-refractivity contribution in [3.8, 4) is 11.4 Å². The molecule has 2 heteroatoms. The highest BCUT2D eigenvalue weighted by Gasteiger charge is 2.22. The molecule has 0 aliphatic carbocycles. The summed E-state index contributed by atoms with van der Waals surface area (Å²) in [6, 6.07) is 57.8. The van der Waals surface area contributed by atoms with Gasteiger partial charge in [0.25, 0.3) is 0 Å². The van der Waals surface area contributed by atoms with E-state index in [1.165, 1.54) is 87.3 Å². The van der Waals surface area contributed by atoms with E-state index in [0.717, 1.165) is 0 Å². The Kier molecular flexibility index (Phi) is 4.75. The van der Waals surface area contributed by atoms with Gasteiger partial charge in [-0.2, -0.15) is 0 Å². The summed E-state index contributed by atoms with van der Waals surface area (Å²) >= 11 is 0. The normalized spacial score (nSPS) is 12.1. The highest BCUT2D eigenvalue weighted by atomic mass is 15.0. The molecule has 8 aromatic carbocycles. The van der Waals surface area contributed by atoms with Crippen LogP contribution >= 0.6 is 0 Å². The van der Waals surface area contributed by atoms with Crippen molar-refractivity contribution in [2.75, 3.05) is 0 Å². The zero-order valence-corrected chi connectivity index (χ0v) is 23.9. The third kappa shape index (κ3) is 3.14. The number of benzene rings is 8. The van der Waals surface area contributed by atoms with Crippen LogP contribution in [-0.2, 0) is 0 Å². The van der Waals surface area contributed by atoms with E-state index < -0.39 is 0 Å². The first-order valence-corrected chi connectivity index (χ1v) is 15.2. The molecule has 0 atom stereocenters. The van der Waals surface area contributed by atoms with Crippen LogP contribution in [0.25, 0.3) is 87.3 Å². The summed E-state index contributed by atoms with van der Waals surface area (Å²) in [5, 5.41) is 12.6. The van der Waals surface area contributed by atoms with Crippen molar-refractivity contribution in [2.45, 2.75) is 0 Å². The Hall–Kier alpha value is -5.86. The smallest absolute Gasteiger partial charge is 0.0641 e. The van der Waals surface area contributed by atoms with E-state index >= 15 is 0 Å². The van der Waals surface area contributed by atoms with Gasteiger partial charge in [0.15, 0.2) is 0 Å². The molecule has 10 aromatic rings. The Labute approximate surface area is 253 Å². The van der Waals surface area contributed by atoms with Gasteiger partial charge in [-0.25, -0.2) is 0 Å². The Morgan fingerprint density at radius 1 is 0.318 bits per heavy atom. The minimum atomic E-state index is 1.18. The molecule has 0 saturated carbocycles. The average Bonchev–Trinajstić information content (AvgIpc) is 3.60. The van der Waals surface area contributed by atoms with Crippen LogP contribution in [0.4, 0.5) is 0 Å². The molecule has 0 bridgehead atoms. The summed E-state index contributed by atoms with van der Waals surface area (Å²) < 4.78 is 4.99. The van der Waals surface area contributed by atoms with Crippen molar-refractivity contribution in [1.29, 1.82) is 0 Å². The van der Waals surface area contributed by atoms with Gasteiger partial charge in [-0.15, -0.1) is 0 Å². The molecule has 0 radical (unpaired) electrons. The van der Waals surface area contributed by atoms with Gasteiger partial charge >= 0.3 is 0 Å². The Bertz CT molecular complexity index is 2720. The van der Waals surface area contributed by atoms with E-state index in [2.05, 4.69) is 167 Å². The molecule has 0 unspecified atom stereocenters. The third-order valence-corrected chi connectivity index (χ3v) is 9.43. The van der Waals surface area contributed by atoms with E-state index in [0.29, 0.717) is 0 Å². The van der Waals surface area contributed by atoms with E-state index in [4.69, 9.17) is 0 Å². The topological polar surface area (TPSA) is 9.86 Å². The molecular formula is C42H26N2. The summed E-state index contributed by atoms with van der Waals surface area (Å²) in [5.74, 6) is 0. The van der Waals surface area contributed by atoms with Crippen LogP contribution in [0.15, 0.2) is 158 Å². The van der Waals surface area contributed by atoms with Crippen molar-refractivity contribution in [3.05, 3.63) is 158 Å². The highest BCUT2D eigenvalue weighted by Crippen LogP contribution is 2.44. The lowest BCUT2D eigenvalue weighted by Gasteiger charge is -2.15. The first-order valence-electron chi connectivity index (χ1n) is 15.2. The molecule has 2 aromatic heterocycles. The zero-order chi connectivity index (χ0) is 28.8. The van der Waals surface area contributed by atoms with E-state index in [9.17, 15) is 0 Å². The van der Waals surface area contributed by atoms with Crippen molar-refractivity contribution in [3.63, 3.8) is 0 Å². The van der Waals surface area contributed by atoms with E-state index in [1.54, 1.807) is 0 Å². The van der Waals surface area contributed by atoms with Gasteiger partial charge < -0.3 is 9.13 Å². The maximum atomic E-state index is 2.51. The number of aromatic nitrogens is 2. The molecule has 0 aliphatic heterocycles. The second-order valence-corrected chi connectivity index (χ2v) is 11.8. The van der Waals surface area contributed by atoms with Crippen LogP contribution in [0.3, 0.4) is 0 Å². The van der Waals surface area contributed by atoms with E-state index in [1.807, 2.05) is 0 Å². The summed E-state index contributed by atoms with van der Waals surface area (Å²) in [4.78, 5) is 0. The Morgan fingerprint density at radius 3 is 1.61 bits per heavy atom. The lowest BCUT2D eigenvalue weighted by atomic mass is 10.0.